The summed E-state index contributed by atoms with van der Waals surface area (Å²) < 4.78 is 95.4. The number of furan rings is 2. The predicted molar refractivity (Wildman–Crippen MR) is 558 cm³/mol. The number of likely N-dealkylation sites (tertiary alicyclic amines) is 1. The number of hydrogen-bond donors (Lipinski definition) is 1. The Kier molecular flexibility index (Phi) is 26.3. The Morgan fingerprint density at radius 3 is 1.59 bits per heavy atom. The number of fused-ring (bicyclic) bond motifs is 13. The molecule has 6 unspecified atom stereocenters. The zero-order valence-corrected chi connectivity index (χ0v) is 86.8. The Balaban J connectivity index is 0.0000000989. The van der Waals surface area contributed by atoms with Gasteiger partial charge in [0.2, 0.25) is 10.0 Å². The van der Waals surface area contributed by atoms with Crippen molar-refractivity contribution in [3.63, 3.8) is 0 Å². The second-order valence-electron chi connectivity index (χ2n) is 38.1. The molecule has 34 nitrogen and oxygen atoms in total. The summed E-state index contributed by atoms with van der Waals surface area (Å²) in [5.41, 5.74) is 25.3. The maximum Gasteiger partial charge on any atom is 0.264 e. The van der Waals surface area contributed by atoms with Gasteiger partial charge in [-0.2, -0.15) is 9.40 Å². The van der Waals surface area contributed by atoms with Crippen LogP contribution in [0.1, 0.15) is 135 Å². The number of sulfonamides is 1. The zero-order chi connectivity index (χ0) is 101. The number of pyridine rings is 1. The number of ether oxygens (including phenoxy) is 5. The van der Waals surface area contributed by atoms with E-state index in [9.17, 15) is 13.2 Å². The quantitative estimate of drug-likeness (QED) is 0.0938. The molecule has 0 saturated carbocycles. The number of oxazole rings is 1. The standard InChI is InChI=1S/C23H21ClN4O3.C22H22ClN3O2S.C21H17ClN4O5S.C20H16ClN5O2.C20H17ClN4O2S/c1-2-5-28-6-3-17-16(11-28)22(31-27-17)19-9-13-8-14(24)10-15(21(13)30-19)20-23-18(4-7-29-23)25-12-26-20;1-25(2)15-4-7-26(12-15)22(27)19-10-13-9-14(23)11-17(20(13)28-19)16-3-6-24-18-5-8-29-21(16)18;1-32(27,28)26-4-2-15-14(9-26)20(31-25-15)17-7-11-6-12(22)8-13(19(11)30-17)18-21-16(3-5-29-21)23-10-24-18;21-12-7-11-8-17(20-14-10-22-4-1-15(14)25-28-20)27-19(11)13(9-12)16-2-5-23-18-3-6-24-26(16)18;1-25(2)8-15-19(26-10-24-15)16-6-11-5-12(21)7-13(18(11)27-16)17-20-14(3-4-28-20)22-9-23-17/h4,7-8,10,12,19H,2-3,5-6,9,11H2,1H3;3,5-6,8-9,11,15,19H,4,7,10,12H2,1-2H3;3,5-6,8,10,17H,2,4,7,9H2,1H3;2-3,5-7,9,17,22H,1,4,8,10H2;3-5,7,9-10,16H,6,8H2,1-2H3. The highest BCUT2D eigenvalue weighted by molar-refractivity contribution is 7.88. The predicted octanol–water partition coefficient (Wildman–Crippen LogP) is 20.7. The molecular weight excluding hydrogens is 2050 g/mol. The lowest BCUT2D eigenvalue weighted by atomic mass is 9.99. The first-order valence-corrected chi connectivity index (χ1v) is 53.9. The van der Waals surface area contributed by atoms with Crippen LogP contribution in [0.15, 0.2) is 197 Å². The fourth-order valence-corrected chi connectivity index (χ4v) is 24.8. The highest BCUT2D eigenvalue weighted by Gasteiger charge is 2.44. The molecule has 148 heavy (non-hydrogen) atoms. The molecule has 1 N–H and O–H groups in total. The molecule has 0 aliphatic carbocycles. The van der Waals surface area contributed by atoms with E-state index < -0.39 is 22.2 Å². The largest absolute Gasteiger partial charge is 0.481 e. The van der Waals surface area contributed by atoms with Crippen LogP contribution in [0.4, 0.5) is 0 Å². The first-order chi connectivity index (χ1) is 72.0. The summed E-state index contributed by atoms with van der Waals surface area (Å²) in [6, 6.07) is 32.8. The number of carbonyl (C=O) groups is 1. The summed E-state index contributed by atoms with van der Waals surface area (Å²) in [7, 11) is 4.81. The van der Waals surface area contributed by atoms with Gasteiger partial charge in [-0.3, -0.25) is 14.7 Å². The number of halogens is 5. The SMILES string of the molecule is CCCN1CCc2noc(C3Cc4cc(Cl)cc(-c5ncnc6ccoc56)c4O3)c2C1.CN(C)C1CCN(C(=O)C2Cc3cc(Cl)cc(-c4ccnc5ccsc45)c3O2)C1.CN(C)Cc1ncoc1C1Cc2cc(Cl)cc(-c3ncnc4ccsc34)c2O1.CS(=O)(=O)N1CCc2noc(C3Cc4cc(Cl)cc(-c5ncnc6ccoc56)c4O3)c2C1.Clc1cc2c(c(-c3ccnc4ccnn34)c1)OC(c1onc3c1CNCC3)C2. The second-order valence-corrected chi connectivity index (χ2v) is 44.1. The molecule has 5 aromatic carbocycles. The Morgan fingerprint density at radius 1 is 0.493 bits per heavy atom. The van der Waals surface area contributed by atoms with Gasteiger partial charge in [-0.15, -0.1) is 22.7 Å². The van der Waals surface area contributed by atoms with Crippen molar-refractivity contribution in [2.75, 3.05) is 73.7 Å². The fraction of sp³-hybridized carbons (Fsp3) is 0.302. The lowest BCUT2D eigenvalue weighted by Crippen LogP contribution is -2.41. The molecule has 19 aromatic rings. The lowest BCUT2D eigenvalue weighted by molar-refractivity contribution is -0.137. The molecular formula is C106H93Cl5N20O14S3. The number of carbonyl (C=O) groups excluding carboxylic acids is 1. The number of amides is 1. The lowest BCUT2D eigenvalue weighted by Gasteiger charge is -2.26. The number of rotatable bonds is 16. The van der Waals surface area contributed by atoms with Gasteiger partial charge >= 0.3 is 0 Å². The molecule has 1 saturated heterocycles. The summed E-state index contributed by atoms with van der Waals surface area (Å²) in [5, 5.41) is 27.8. The van der Waals surface area contributed by atoms with Crippen molar-refractivity contribution in [3.05, 3.63) is 286 Å². The number of nitrogens with one attached hydrogen (secondary N) is 1. The number of likely N-dealkylation sites (N-methyl/N-ethyl adjacent to an activating group) is 1. The topological polar surface area (TPSA) is 376 Å². The van der Waals surface area contributed by atoms with Crippen LogP contribution in [0, 0.1) is 0 Å². The Hall–Kier alpha value is -13.4. The summed E-state index contributed by atoms with van der Waals surface area (Å²) in [5.74, 6) is 6.78. The van der Waals surface area contributed by atoms with E-state index in [4.69, 9.17) is 109 Å². The summed E-state index contributed by atoms with van der Waals surface area (Å²) in [4.78, 5) is 61.1. The first-order valence-electron chi connectivity index (χ1n) is 48.4. The van der Waals surface area contributed by atoms with Crippen molar-refractivity contribution in [2.24, 2.45) is 0 Å². The van der Waals surface area contributed by atoms with Gasteiger partial charge in [0.1, 0.15) is 75.8 Å². The number of nitrogens with zero attached hydrogens (tertiary/aromatic N) is 19. The summed E-state index contributed by atoms with van der Waals surface area (Å²) in [6.45, 7) is 9.67. The van der Waals surface area contributed by atoms with Gasteiger partial charge in [-0.05, 0) is 143 Å². The van der Waals surface area contributed by atoms with Gasteiger partial charge in [0.15, 0.2) is 76.8 Å². The summed E-state index contributed by atoms with van der Waals surface area (Å²) in [6.07, 6.45) is 21.7. The van der Waals surface area contributed by atoms with Gasteiger partial charge in [0, 0.05) is 250 Å². The van der Waals surface area contributed by atoms with Gasteiger partial charge in [0.05, 0.1) is 73.9 Å². The van der Waals surface area contributed by atoms with Crippen LogP contribution < -0.4 is 29.0 Å². The van der Waals surface area contributed by atoms with Crippen LogP contribution in [0.5, 0.6) is 28.7 Å². The molecule has 1 amide bonds. The third-order valence-electron chi connectivity index (χ3n) is 28.0. The maximum absolute atomic E-state index is 13.1. The third kappa shape index (κ3) is 18.7. The average Bonchev–Trinajstić information content (AvgIpc) is 1.61. The molecule has 6 atom stereocenters. The van der Waals surface area contributed by atoms with E-state index in [0.717, 1.165) is 244 Å². The molecule has 0 spiro atoms. The molecule has 28 rings (SSSR count). The second kappa shape index (κ2) is 40.3. The molecule has 9 aliphatic rings. The van der Waals surface area contributed by atoms with Crippen molar-refractivity contribution >= 4 is 145 Å². The molecule has 754 valence electrons. The highest BCUT2D eigenvalue weighted by atomic mass is 35.5. The van der Waals surface area contributed by atoms with Crippen LogP contribution in [0.25, 0.3) is 104 Å². The normalized spacial score (nSPS) is 18.4. The molecule has 23 heterocycles. The minimum Gasteiger partial charge on any atom is -0.481 e. The fourth-order valence-electron chi connectivity index (χ4n) is 21.1. The third-order valence-corrected chi connectivity index (χ3v) is 32.2. The number of benzene rings is 5. The number of hydrogen-bond acceptors (Lipinski definition) is 33. The minimum absolute atomic E-state index is 0.0728. The van der Waals surface area contributed by atoms with Crippen LogP contribution >= 0.6 is 80.7 Å². The van der Waals surface area contributed by atoms with Gasteiger partial charge in [0.25, 0.3) is 5.91 Å². The van der Waals surface area contributed by atoms with Crippen molar-refractivity contribution in [3.8, 4) is 84.9 Å². The Bertz CT molecular complexity index is 8490. The smallest absolute Gasteiger partial charge is 0.264 e. The van der Waals surface area contributed by atoms with Gasteiger partial charge in [-0.1, -0.05) is 80.4 Å². The molecule has 0 radical (unpaired) electrons. The van der Waals surface area contributed by atoms with Crippen molar-refractivity contribution in [1.29, 1.82) is 0 Å². The van der Waals surface area contributed by atoms with Gasteiger partial charge in [-0.25, -0.2) is 52.8 Å². The maximum atomic E-state index is 13.1. The minimum atomic E-state index is -3.32. The average molecular weight is 2140 g/mol. The number of aromatic nitrogens is 14. The highest BCUT2D eigenvalue weighted by Crippen LogP contribution is 2.54. The summed E-state index contributed by atoms with van der Waals surface area (Å²) >= 11 is 35.5. The van der Waals surface area contributed by atoms with E-state index in [0.29, 0.717) is 128 Å². The zero-order valence-electron chi connectivity index (χ0n) is 80.6. The number of thiophene rings is 2. The van der Waals surface area contributed by atoms with E-state index in [1.807, 2.05) is 121 Å². The van der Waals surface area contributed by atoms with Crippen LogP contribution in [-0.2, 0) is 92.4 Å². The van der Waals surface area contributed by atoms with Gasteiger partial charge < -0.3 is 70.5 Å². The van der Waals surface area contributed by atoms with Crippen LogP contribution in [0.2, 0.25) is 25.1 Å². The van der Waals surface area contributed by atoms with Crippen molar-refractivity contribution < 1.29 is 63.7 Å². The van der Waals surface area contributed by atoms with Crippen molar-refractivity contribution in [1.82, 2.24) is 99.2 Å². The van der Waals surface area contributed by atoms with Crippen molar-refractivity contribution in [2.45, 2.75) is 134 Å². The molecule has 42 heteroatoms. The van der Waals surface area contributed by atoms with Crippen LogP contribution in [-0.4, -0.2) is 194 Å². The van der Waals surface area contributed by atoms with E-state index in [2.05, 4.69) is 106 Å². The van der Waals surface area contributed by atoms with E-state index in [1.165, 1.54) is 35.2 Å². The molecule has 1 fully saturated rings. The van der Waals surface area contributed by atoms with E-state index in [1.54, 1.807) is 76.8 Å². The monoisotopic (exact) mass is 2140 g/mol. The van der Waals surface area contributed by atoms with E-state index in [-0.39, 0.29) is 30.8 Å². The Labute approximate surface area is 879 Å². The van der Waals surface area contributed by atoms with Crippen LogP contribution in [0.3, 0.4) is 0 Å². The molecule has 14 aromatic heterocycles. The molecule has 0 bridgehead atoms. The van der Waals surface area contributed by atoms with E-state index >= 15 is 0 Å². The Morgan fingerprint density at radius 2 is 1.01 bits per heavy atom. The first kappa shape index (κ1) is 96.7. The molecule has 9 aliphatic heterocycles.